The number of halogens is 2. The zero-order valence-electron chi connectivity index (χ0n) is 11.9. The van der Waals surface area contributed by atoms with Crippen molar-refractivity contribution in [3.05, 3.63) is 47.6 Å². The molecule has 3 heterocycles. The number of pyridine rings is 1. The van der Waals surface area contributed by atoms with Crippen LogP contribution >= 0.6 is 11.6 Å². The summed E-state index contributed by atoms with van der Waals surface area (Å²) in [5, 5.41) is 1.67. The SMILES string of the molecule is FC1CCN(c2ncccc2-c2[nH]c3ccccc3c2Cl)C1. The quantitative estimate of drug-likeness (QED) is 0.758. The van der Waals surface area contributed by atoms with Gasteiger partial charge in [0.1, 0.15) is 12.0 Å². The van der Waals surface area contributed by atoms with E-state index in [-0.39, 0.29) is 0 Å². The average molecular weight is 316 g/mol. The number of fused-ring (bicyclic) bond motifs is 1. The van der Waals surface area contributed by atoms with E-state index >= 15 is 0 Å². The van der Waals surface area contributed by atoms with Crippen molar-refractivity contribution in [2.24, 2.45) is 0 Å². The fourth-order valence-electron chi connectivity index (χ4n) is 3.05. The predicted molar refractivity (Wildman–Crippen MR) is 88.3 cm³/mol. The third-order valence-corrected chi connectivity index (χ3v) is 4.52. The highest BCUT2D eigenvalue weighted by atomic mass is 35.5. The van der Waals surface area contributed by atoms with Crippen molar-refractivity contribution in [3.8, 4) is 11.3 Å². The Bertz CT molecular complexity index is 830. The van der Waals surface area contributed by atoms with Gasteiger partial charge in [-0.05, 0) is 24.6 Å². The van der Waals surface area contributed by atoms with Gasteiger partial charge in [-0.2, -0.15) is 0 Å². The highest BCUT2D eigenvalue weighted by Gasteiger charge is 2.26. The van der Waals surface area contributed by atoms with Gasteiger partial charge in [0.05, 0.1) is 17.3 Å². The van der Waals surface area contributed by atoms with E-state index in [0.717, 1.165) is 28.0 Å². The van der Waals surface area contributed by atoms with Crippen molar-refractivity contribution in [1.82, 2.24) is 9.97 Å². The average Bonchev–Trinajstić information content (AvgIpc) is 3.12. The van der Waals surface area contributed by atoms with E-state index in [0.29, 0.717) is 24.5 Å². The molecule has 0 bridgehead atoms. The summed E-state index contributed by atoms with van der Waals surface area (Å²) in [5.41, 5.74) is 2.74. The van der Waals surface area contributed by atoms with E-state index < -0.39 is 6.17 Å². The fourth-order valence-corrected chi connectivity index (χ4v) is 3.36. The molecule has 2 aromatic heterocycles. The molecule has 0 amide bonds. The first kappa shape index (κ1) is 13.6. The van der Waals surface area contributed by atoms with Crippen molar-refractivity contribution in [3.63, 3.8) is 0 Å². The maximum Gasteiger partial charge on any atom is 0.138 e. The van der Waals surface area contributed by atoms with Crippen molar-refractivity contribution >= 4 is 28.3 Å². The number of hydrogen-bond acceptors (Lipinski definition) is 2. The zero-order valence-corrected chi connectivity index (χ0v) is 12.6. The second-order valence-corrected chi connectivity index (χ2v) is 5.94. The molecule has 1 aromatic carbocycles. The molecule has 1 fully saturated rings. The van der Waals surface area contributed by atoms with Crippen LogP contribution in [0.2, 0.25) is 5.02 Å². The molecule has 5 heteroatoms. The fraction of sp³-hybridized carbons (Fsp3) is 0.235. The van der Waals surface area contributed by atoms with E-state index in [1.54, 1.807) is 6.20 Å². The first-order valence-corrected chi connectivity index (χ1v) is 7.72. The van der Waals surface area contributed by atoms with Crippen LogP contribution in [0.25, 0.3) is 22.2 Å². The molecular weight excluding hydrogens is 301 g/mol. The number of alkyl halides is 1. The second-order valence-electron chi connectivity index (χ2n) is 5.57. The van der Waals surface area contributed by atoms with Crippen LogP contribution in [0.5, 0.6) is 0 Å². The van der Waals surface area contributed by atoms with Crippen molar-refractivity contribution < 1.29 is 4.39 Å². The lowest BCUT2D eigenvalue weighted by Gasteiger charge is -2.19. The molecule has 112 valence electrons. The molecule has 1 aliphatic heterocycles. The van der Waals surface area contributed by atoms with Crippen LogP contribution in [0.4, 0.5) is 10.2 Å². The largest absolute Gasteiger partial charge is 0.353 e. The number of para-hydroxylation sites is 1. The van der Waals surface area contributed by atoms with Gasteiger partial charge in [-0.1, -0.05) is 29.8 Å². The van der Waals surface area contributed by atoms with Gasteiger partial charge >= 0.3 is 0 Å². The molecule has 3 nitrogen and oxygen atoms in total. The van der Waals surface area contributed by atoms with Crippen molar-refractivity contribution in [2.45, 2.75) is 12.6 Å². The molecule has 4 rings (SSSR count). The molecular formula is C17H15ClFN3. The van der Waals surface area contributed by atoms with Gasteiger partial charge in [-0.15, -0.1) is 0 Å². The van der Waals surface area contributed by atoms with Gasteiger partial charge in [-0.25, -0.2) is 9.37 Å². The van der Waals surface area contributed by atoms with Crippen LogP contribution in [-0.2, 0) is 0 Å². The monoisotopic (exact) mass is 315 g/mol. The van der Waals surface area contributed by atoms with Crippen LogP contribution in [0.15, 0.2) is 42.6 Å². The first-order valence-electron chi connectivity index (χ1n) is 7.34. The van der Waals surface area contributed by atoms with Crippen LogP contribution in [0.3, 0.4) is 0 Å². The number of rotatable bonds is 2. The van der Waals surface area contributed by atoms with E-state index in [2.05, 4.69) is 9.97 Å². The standard InChI is InChI=1S/C17H15ClFN3/c18-15-12-4-1-2-6-14(12)21-16(15)13-5-3-8-20-17(13)22-9-7-11(19)10-22/h1-6,8,11,21H,7,9-10H2. The van der Waals surface area contributed by atoms with Crippen LogP contribution in [0, 0.1) is 0 Å². The number of H-pyrrole nitrogens is 1. The van der Waals surface area contributed by atoms with Crippen LogP contribution in [0.1, 0.15) is 6.42 Å². The van der Waals surface area contributed by atoms with E-state index in [9.17, 15) is 4.39 Å². The molecule has 0 radical (unpaired) electrons. The molecule has 1 atom stereocenters. The summed E-state index contributed by atoms with van der Waals surface area (Å²) in [6, 6.07) is 11.8. The van der Waals surface area contributed by atoms with Gasteiger partial charge in [0.25, 0.3) is 0 Å². The molecule has 1 unspecified atom stereocenters. The zero-order chi connectivity index (χ0) is 15.1. The smallest absolute Gasteiger partial charge is 0.138 e. The number of aromatic amines is 1. The number of anilines is 1. The number of hydrogen-bond donors (Lipinski definition) is 1. The lowest BCUT2D eigenvalue weighted by atomic mass is 10.1. The third kappa shape index (κ3) is 2.15. The first-order chi connectivity index (χ1) is 10.7. The molecule has 1 N–H and O–H groups in total. The van der Waals surface area contributed by atoms with Crippen molar-refractivity contribution in [1.29, 1.82) is 0 Å². The Kier molecular flexibility index (Phi) is 3.26. The lowest BCUT2D eigenvalue weighted by Crippen LogP contribution is -2.21. The lowest BCUT2D eigenvalue weighted by molar-refractivity contribution is 0.364. The molecule has 22 heavy (non-hydrogen) atoms. The Labute approximate surface area is 132 Å². The van der Waals surface area contributed by atoms with E-state index in [4.69, 9.17) is 11.6 Å². The van der Waals surface area contributed by atoms with E-state index in [1.807, 2.05) is 41.3 Å². The highest BCUT2D eigenvalue weighted by molar-refractivity contribution is 6.38. The molecule has 1 saturated heterocycles. The minimum atomic E-state index is -0.784. The van der Waals surface area contributed by atoms with E-state index in [1.165, 1.54) is 0 Å². The summed E-state index contributed by atoms with van der Waals surface area (Å²) in [6.07, 6.45) is 1.50. The number of benzene rings is 1. The Morgan fingerprint density at radius 1 is 1.23 bits per heavy atom. The Balaban J connectivity index is 1.86. The highest BCUT2D eigenvalue weighted by Crippen LogP contribution is 2.38. The van der Waals surface area contributed by atoms with Gasteiger partial charge in [0, 0.05) is 29.2 Å². The molecule has 0 spiro atoms. The number of nitrogens with one attached hydrogen (secondary N) is 1. The van der Waals surface area contributed by atoms with Crippen LogP contribution < -0.4 is 4.90 Å². The van der Waals surface area contributed by atoms with Crippen LogP contribution in [-0.4, -0.2) is 29.2 Å². The van der Waals surface area contributed by atoms with Crippen molar-refractivity contribution in [2.75, 3.05) is 18.0 Å². The summed E-state index contributed by atoms with van der Waals surface area (Å²) >= 11 is 6.55. The maximum absolute atomic E-state index is 13.5. The molecule has 1 aliphatic rings. The molecule has 0 saturated carbocycles. The molecule has 3 aromatic rings. The summed E-state index contributed by atoms with van der Waals surface area (Å²) < 4.78 is 13.5. The Morgan fingerprint density at radius 3 is 2.86 bits per heavy atom. The topological polar surface area (TPSA) is 31.9 Å². The van der Waals surface area contributed by atoms with Gasteiger partial charge in [-0.3, -0.25) is 0 Å². The predicted octanol–water partition coefficient (Wildman–Crippen LogP) is 4.43. The summed E-state index contributed by atoms with van der Waals surface area (Å²) in [6.45, 7) is 1.07. The second kappa shape index (κ2) is 5.29. The Hall–Kier alpha value is -2.07. The normalized spacial score (nSPS) is 18.3. The molecule has 0 aliphatic carbocycles. The maximum atomic E-state index is 13.5. The van der Waals surface area contributed by atoms with Gasteiger partial charge in [0.2, 0.25) is 0 Å². The Morgan fingerprint density at radius 2 is 2.09 bits per heavy atom. The summed E-state index contributed by atoms with van der Waals surface area (Å²) in [5.74, 6) is 0.788. The summed E-state index contributed by atoms with van der Waals surface area (Å²) in [4.78, 5) is 9.81. The minimum Gasteiger partial charge on any atom is -0.353 e. The third-order valence-electron chi connectivity index (χ3n) is 4.13. The van der Waals surface area contributed by atoms with Gasteiger partial charge < -0.3 is 9.88 Å². The number of nitrogens with zero attached hydrogens (tertiary/aromatic N) is 2. The minimum absolute atomic E-state index is 0.391. The number of aromatic nitrogens is 2. The summed E-state index contributed by atoms with van der Waals surface area (Å²) in [7, 11) is 0. The van der Waals surface area contributed by atoms with Gasteiger partial charge in [0.15, 0.2) is 0 Å².